The molecule has 0 bridgehead atoms. The minimum Gasteiger partial charge on any atom is -0.314 e. The first-order valence-electron chi connectivity index (χ1n) is 5.85. The van der Waals surface area contributed by atoms with E-state index in [1.54, 1.807) is 19.1 Å². The van der Waals surface area contributed by atoms with Gasteiger partial charge in [-0.2, -0.15) is 0 Å². The molecule has 0 amide bonds. The van der Waals surface area contributed by atoms with Crippen LogP contribution in [-0.4, -0.2) is 12.6 Å². The van der Waals surface area contributed by atoms with E-state index in [0.29, 0.717) is 28.6 Å². The van der Waals surface area contributed by atoms with Crippen molar-refractivity contribution in [3.63, 3.8) is 0 Å². The summed E-state index contributed by atoms with van der Waals surface area (Å²) < 4.78 is 13.9. The van der Waals surface area contributed by atoms with E-state index >= 15 is 0 Å². The van der Waals surface area contributed by atoms with Crippen LogP contribution in [0.25, 0.3) is 0 Å². The quantitative estimate of drug-likeness (QED) is 0.836. The van der Waals surface area contributed by atoms with Crippen molar-refractivity contribution in [2.75, 3.05) is 6.54 Å². The van der Waals surface area contributed by atoms with Gasteiger partial charge in [0.2, 0.25) is 0 Å². The Balaban J connectivity index is 2.16. The lowest BCUT2D eigenvalue weighted by atomic mass is 9.96. The smallest absolute Gasteiger partial charge is 0.130 e. The number of piperidine rings is 1. The topological polar surface area (TPSA) is 12.0 Å². The van der Waals surface area contributed by atoms with Crippen LogP contribution in [-0.2, 0) is 6.42 Å². The fraction of sp³-hybridized carbons (Fsp3) is 0.538. The Morgan fingerprint density at radius 2 is 2.25 bits per heavy atom. The fourth-order valence-electron chi connectivity index (χ4n) is 2.25. The molecule has 16 heavy (non-hydrogen) atoms. The molecular formula is C13H17ClFN. The average Bonchev–Trinajstić information content (AvgIpc) is 2.31. The van der Waals surface area contributed by atoms with Gasteiger partial charge in [-0.3, -0.25) is 0 Å². The monoisotopic (exact) mass is 241 g/mol. The maximum absolute atomic E-state index is 13.9. The van der Waals surface area contributed by atoms with Crippen LogP contribution in [0.15, 0.2) is 12.1 Å². The second-order valence-electron chi connectivity index (χ2n) is 4.51. The lowest BCUT2D eigenvalue weighted by molar-refractivity contribution is 0.395. The predicted molar refractivity (Wildman–Crippen MR) is 65.5 cm³/mol. The zero-order chi connectivity index (χ0) is 11.5. The highest BCUT2D eigenvalue weighted by Crippen LogP contribution is 2.25. The van der Waals surface area contributed by atoms with E-state index in [9.17, 15) is 4.39 Å². The minimum atomic E-state index is -0.139. The maximum atomic E-state index is 13.9. The molecule has 1 saturated heterocycles. The summed E-state index contributed by atoms with van der Waals surface area (Å²) in [5.41, 5.74) is 1.34. The third-order valence-electron chi connectivity index (χ3n) is 3.24. The molecule has 0 radical (unpaired) electrons. The zero-order valence-electron chi connectivity index (χ0n) is 9.52. The highest BCUT2D eigenvalue weighted by Gasteiger charge is 2.17. The van der Waals surface area contributed by atoms with Crippen LogP contribution >= 0.6 is 11.6 Å². The summed E-state index contributed by atoms with van der Waals surface area (Å²) >= 11 is 6.05. The summed E-state index contributed by atoms with van der Waals surface area (Å²) in [5.74, 6) is -0.139. The van der Waals surface area contributed by atoms with E-state index < -0.39 is 0 Å². The number of halogens is 2. The van der Waals surface area contributed by atoms with Crippen LogP contribution < -0.4 is 5.32 Å². The van der Waals surface area contributed by atoms with E-state index in [0.717, 1.165) is 13.0 Å². The zero-order valence-corrected chi connectivity index (χ0v) is 10.3. The molecule has 1 aliphatic rings. The van der Waals surface area contributed by atoms with Crippen LogP contribution in [0.5, 0.6) is 0 Å². The van der Waals surface area contributed by atoms with E-state index in [1.165, 1.54) is 12.8 Å². The Morgan fingerprint density at radius 3 is 2.94 bits per heavy atom. The molecule has 1 nitrogen and oxygen atoms in total. The summed E-state index contributed by atoms with van der Waals surface area (Å²) in [6.45, 7) is 2.82. The molecule has 0 aliphatic carbocycles. The van der Waals surface area contributed by atoms with E-state index in [4.69, 9.17) is 11.6 Å². The molecular weight excluding hydrogens is 225 g/mol. The average molecular weight is 242 g/mol. The second-order valence-corrected chi connectivity index (χ2v) is 4.91. The van der Waals surface area contributed by atoms with Crippen LogP contribution in [0.2, 0.25) is 5.02 Å². The maximum Gasteiger partial charge on any atom is 0.130 e. The van der Waals surface area contributed by atoms with Gasteiger partial charge in [0.1, 0.15) is 5.82 Å². The second kappa shape index (κ2) is 5.15. The third-order valence-corrected chi connectivity index (χ3v) is 3.60. The lowest BCUT2D eigenvalue weighted by Gasteiger charge is -2.24. The summed E-state index contributed by atoms with van der Waals surface area (Å²) in [7, 11) is 0. The van der Waals surface area contributed by atoms with Gasteiger partial charge < -0.3 is 5.32 Å². The van der Waals surface area contributed by atoms with Gasteiger partial charge in [0.25, 0.3) is 0 Å². The first kappa shape index (κ1) is 11.9. The fourth-order valence-corrected chi connectivity index (χ4v) is 2.47. The van der Waals surface area contributed by atoms with Gasteiger partial charge in [-0.15, -0.1) is 0 Å². The van der Waals surface area contributed by atoms with E-state index in [-0.39, 0.29) is 5.82 Å². The minimum absolute atomic E-state index is 0.139. The van der Waals surface area contributed by atoms with E-state index in [2.05, 4.69) is 5.32 Å². The van der Waals surface area contributed by atoms with Gasteiger partial charge in [-0.1, -0.05) is 24.1 Å². The molecule has 0 spiro atoms. The SMILES string of the molecule is Cc1ccc(Cl)c(CC2CCCCN2)c1F. The molecule has 1 fully saturated rings. The number of hydrogen-bond donors (Lipinski definition) is 1. The standard InChI is InChI=1S/C13H17ClFN/c1-9-5-6-12(14)11(13(9)15)8-10-4-2-3-7-16-10/h5-6,10,16H,2-4,7-8H2,1H3. The largest absolute Gasteiger partial charge is 0.314 e. The molecule has 2 rings (SSSR count). The molecule has 88 valence electrons. The third kappa shape index (κ3) is 2.55. The highest BCUT2D eigenvalue weighted by molar-refractivity contribution is 6.31. The van der Waals surface area contributed by atoms with Crippen molar-refractivity contribution < 1.29 is 4.39 Å². The summed E-state index contributed by atoms with van der Waals surface area (Å²) in [4.78, 5) is 0. The Bertz CT molecular complexity index is 372. The summed E-state index contributed by atoms with van der Waals surface area (Å²) in [5, 5.41) is 3.97. The number of hydrogen-bond acceptors (Lipinski definition) is 1. The van der Waals surface area contributed by atoms with Gasteiger partial charge in [0.15, 0.2) is 0 Å². The molecule has 3 heteroatoms. The summed E-state index contributed by atoms with van der Waals surface area (Å²) in [6.07, 6.45) is 4.26. The lowest BCUT2D eigenvalue weighted by Crippen LogP contribution is -2.35. The number of nitrogens with one attached hydrogen (secondary N) is 1. The number of rotatable bonds is 2. The number of aryl methyl sites for hydroxylation is 1. The summed E-state index contributed by atoms with van der Waals surface area (Å²) in [6, 6.07) is 3.90. The molecule has 1 aliphatic heterocycles. The molecule has 1 N–H and O–H groups in total. The van der Waals surface area contributed by atoms with Crippen LogP contribution in [0, 0.1) is 12.7 Å². The first-order chi connectivity index (χ1) is 7.68. The van der Waals surface area contributed by atoms with Crippen LogP contribution in [0.3, 0.4) is 0 Å². The molecule has 1 heterocycles. The van der Waals surface area contributed by atoms with Crippen LogP contribution in [0.1, 0.15) is 30.4 Å². The predicted octanol–water partition coefficient (Wildman–Crippen LogP) is 3.47. The van der Waals surface area contributed by atoms with Crippen molar-refractivity contribution in [3.05, 3.63) is 34.1 Å². The van der Waals surface area contributed by atoms with Crippen molar-refractivity contribution in [1.29, 1.82) is 0 Å². The Hall–Kier alpha value is -0.600. The molecule has 1 aromatic carbocycles. The van der Waals surface area contributed by atoms with Gasteiger partial charge in [-0.05, 0) is 44.4 Å². The molecule has 1 atom stereocenters. The van der Waals surface area contributed by atoms with Crippen molar-refractivity contribution in [2.45, 2.75) is 38.6 Å². The van der Waals surface area contributed by atoms with Crippen molar-refractivity contribution in [1.82, 2.24) is 5.32 Å². The Labute approximate surface area is 101 Å². The Kier molecular flexibility index (Phi) is 3.82. The van der Waals surface area contributed by atoms with Crippen molar-refractivity contribution in [2.24, 2.45) is 0 Å². The first-order valence-corrected chi connectivity index (χ1v) is 6.23. The van der Waals surface area contributed by atoms with Gasteiger partial charge in [0, 0.05) is 16.6 Å². The van der Waals surface area contributed by atoms with E-state index in [1.807, 2.05) is 0 Å². The normalized spacial score (nSPS) is 21.1. The highest BCUT2D eigenvalue weighted by atomic mass is 35.5. The Morgan fingerprint density at radius 1 is 1.44 bits per heavy atom. The van der Waals surface area contributed by atoms with Crippen molar-refractivity contribution in [3.8, 4) is 0 Å². The van der Waals surface area contributed by atoms with Gasteiger partial charge in [0.05, 0.1) is 0 Å². The van der Waals surface area contributed by atoms with Crippen molar-refractivity contribution >= 4 is 11.6 Å². The molecule has 0 saturated carbocycles. The molecule has 1 unspecified atom stereocenters. The van der Waals surface area contributed by atoms with Crippen LogP contribution in [0.4, 0.5) is 4.39 Å². The number of benzene rings is 1. The molecule has 1 aromatic rings. The molecule has 0 aromatic heterocycles. The van der Waals surface area contributed by atoms with Gasteiger partial charge in [-0.25, -0.2) is 4.39 Å². The van der Waals surface area contributed by atoms with Gasteiger partial charge >= 0.3 is 0 Å².